The molecule has 2 rings (SSSR count). The highest BCUT2D eigenvalue weighted by Gasteiger charge is 2.35. The molecule has 0 spiro atoms. The van der Waals surface area contributed by atoms with Crippen LogP contribution in [0.1, 0.15) is 16.4 Å². The summed E-state index contributed by atoms with van der Waals surface area (Å²) in [6.07, 6.45) is 0. The van der Waals surface area contributed by atoms with Crippen LogP contribution in [0.3, 0.4) is 0 Å². The van der Waals surface area contributed by atoms with Gasteiger partial charge in [-0.2, -0.15) is 0 Å². The quantitative estimate of drug-likeness (QED) is 0.778. The number of carboxylic acid groups (broad SMARTS) is 1. The number of thiophene rings is 1. The van der Waals surface area contributed by atoms with Gasteiger partial charge in [0.25, 0.3) is 0 Å². The van der Waals surface area contributed by atoms with Crippen molar-refractivity contribution in [3.05, 3.63) is 21.9 Å². The Morgan fingerprint density at radius 3 is 3.00 bits per heavy atom. The van der Waals surface area contributed by atoms with E-state index in [2.05, 4.69) is 11.4 Å². The normalized spacial score (nSPS) is 26.6. The van der Waals surface area contributed by atoms with Gasteiger partial charge in [-0.25, -0.2) is 0 Å². The standard InChI is InChI=1S/C10H13NO2S/c1-6-2-3-14-9(6)7-4-11-5-8(7)10(12)13/h2-3,7-8,11H,4-5H2,1H3,(H,12,13)/t7-,8-/m0/s1. The summed E-state index contributed by atoms with van der Waals surface area (Å²) in [5, 5.41) is 14.2. The molecule has 76 valence electrons. The monoisotopic (exact) mass is 211 g/mol. The summed E-state index contributed by atoms with van der Waals surface area (Å²) in [7, 11) is 0. The van der Waals surface area contributed by atoms with Gasteiger partial charge in [0.1, 0.15) is 0 Å². The molecule has 4 heteroatoms. The first-order chi connectivity index (χ1) is 6.70. The molecule has 0 radical (unpaired) electrons. The third-order valence-corrected chi connectivity index (χ3v) is 3.92. The summed E-state index contributed by atoms with van der Waals surface area (Å²) >= 11 is 1.66. The molecule has 0 aromatic carbocycles. The molecule has 1 fully saturated rings. The molecule has 1 aliphatic rings. The summed E-state index contributed by atoms with van der Waals surface area (Å²) in [5.74, 6) is -0.785. The Morgan fingerprint density at radius 2 is 2.43 bits per heavy atom. The minimum atomic E-state index is -0.687. The van der Waals surface area contributed by atoms with Gasteiger partial charge in [-0.1, -0.05) is 0 Å². The maximum Gasteiger partial charge on any atom is 0.308 e. The van der Waals surface area contributed by atoms with Crippen molar-refractivity contribution in [2.75, 3.05) is 13.1 Å². The molecule has 0 bridgehead atoms. The molecule has 1 saturated heterocycles. The Balaban J connectivity index is 2.26. The van der Waals surface area contributed by atoms with E-state index in [0.29, 0.717) is 6.54 Å². The largest absolute Gasteiger partial charge is 0.481 e. The van der Waals surface area contributed by atoms with Crippen molar-refractivity contribution in [1.82, 2.24) is 5.32 Å². The van der Waals surface area contributed by atoms with Crippen LogP contribution >= 0.6 is 11.3 Å². The van der Waals surface area contributed by atoms with Gasteiger partial charge in [-0.15, -0.1) is 11.3 Å². The molecule has 2 atom stereocenters. The molecule has 1 aromatic heterocycles. The van der Waals surface area contributed by atoms with Gasteiger partial charge in [0.05, 0.1) is 5.92 Å². The maximum atomic E-state index is 11.0. The summed E-state index contributed by atoms with van der Waals surface area (Å²) in [4.78, 5) is 12.2. The second kappa shape index (κ2) is 3.71. The van der Waals surface area contributed by atoms with E-state index >= 15 is 0 Å². The number of carboxylic acids is 1. The summed E-state index contributed by atoms with van der Waals surface area (Å²) in [5.41, 5.74) is 1.22. The molecular formula is C10H13NO2S. The van der Waals surface area contributed by atoms with Gasteiger partial charge < -0.3 is 10.4 Å². The zero-order valence-electron chi connectivity index (χ0n) is 7.99. The number of carbonyl (C=O) groups is 1. The molecule has 0 aliphatic carbocycles. The first-order valence-electron chi connectivity index (χ1n) is 4.67. The fourth-order valence-corrected chi connectivity index (χ4v) is 3.07. The van der Waals surface area contributed by atoms with E-state index in [9.17, 15) is 4.79 Å². The van der Waals surface area contributed by atoms with E-state index in [1.54, 1.807) is 11.3 Å². The molecule has 2 heterocycles. The van der Waals surface area contributed by atoms with E-state index in [-0.39, 0.29) is 11.8 Å². The zero-order valence-corrected chi connectivity index (χ0v) is 8.80. The van der Waals surface area contributed by atoms with Gasteiger partial charge in [0.2, 0.25) is 0 Å². The fourth-order valence-electron chi connectivity index (χ4n) is 1.98. The number of hydrogen-bond donors (Lipinski definition) is 2. The van der Waals surface area contributed by atoms with Crippen LogP contribution < -0.4 is 5.32 Å². The van der Waals surface area contributed by atoms with Crippen LogP contribution in [-0.4, -0.2) is 24.2 Å². The smallest absolute Gasteiger partial charge is 0.308 e. The predicted octanol–water partition coefficient (Wildman–Crippen LogP) is 1.44. The third-order valence-electron chi connectivity index (χ3n) is 2.77. The Morgan fingerprint density at radius 1 is 1.64 bits per heavy atom. The number of hydrogen-bond acceptors (Lipinski definition) is 3. The van der Waals surface area contributed by atoms with Crippen molar-refractivity contribution < 1.29 is 9.90 Å². The highest BCUT2D eigenvalue weighted by molar-refractivity contribution is 7.10. The number of rotatable bonds is 2. The van der Waals surface area contributed by atoms with Crippen LogP contribution in [0.4, 0.5) is 0 Å². The van der Waals surface area contributed by atoms with Crippen molar-refractivity contribution in [1.29, 1.82) is 0 Å². The van der Waals surface area contributed by atoms with E-state index < -0.39 is 5.97 Å². The summed E-state index contributed by atoms with van der Waals surface area (Å²) in [6, 6.07) is 2.05. The van der Waals surface area contributed by atoms with Crippen molar-refractivity contribution in [3.8, 4) is 0 Å². The lowest BCUT2D eigenvalue weighted by Crippen LogP contribution is -2.20. The van der Waals surface area contributed by atoms with E-state index in [4.69, 9.17) is 5.11 Å². The topological polar surface area (TPSA) is 49.3 Å². The van der Waals surface area contributed by atoms with E-state index in [1.807, 2.05) is 12.3 Å². The van der Waals surface area contributed by atoms with Crippen LogP contribution in [0.5, 0.6) is 0 Å². The summed E-state index contributed by atoms with van der Waals surface area (Å²) in [6.45, 7) is 3.43. The number of aryl methyl sites for hydroxylation is 1. The molecule has 0 unspecified atom stereocenters. The molecule has 0 amide bonds. The minimum Gasteiger partial charge on any atom is -0.481 e. The molecule has 2 N–H and O–H groups in total. The van der Waals surface area contributed by atoms with Crippen molar-refractivity contribution in [3.63, 3.8) is 0 Å². The lowest BCUT2D eigenvalue weighted by atomic mass is 9.93. The van der Waals surface area contributed by atoms with Crippen molar-refractivity contribution in [2.24, 2.45) is 5.92 Å². The minimum absolute atomic E-state index is 0.160. The van der Waals surface area contributed by atoms with Gasteiger partial charge in [-0.05, 0) is 23.9 Å². The zero-order chi connectivity index (χ0) is 10.1. The van der Waals surface area contributed by atoms with Gasteiger partial charge >= 0.3 is 5.97 Å². The highest BCUT2D eigenvalue weighted by atomic mass is 32.1. The Bertz CT molecular complexity index is 348. The third kappa shape index (κ3) is 1.55. The molecule has 3 nitrogen and oxygen atoms in total. The van der Waals surface area contributed by atoms with Gasteiger partial charge in [0.15, 0.2) is 0 Å². The Kier molecular flexibility index (Phi) is 2.56. The number of aliphatic carboxylic acids is 1. The predicted molar refractivity (Wildman–Crippen MR) is 55.8 cm³/mol. The van der Waals surface area contributed by atoms with Gasteiger partial charge in [-0.3, -0.25) is 4.79 Å². The first kappa shape index (κ1) is 9.68. The molecular weight excluding hydrogens is 198 g/mol. The van der Waals surface area contributed by atoms with Crippen LogP contribution in [0, 0.1) is 12.8 Å². The van der Waals surface area contributed by atoms with Crippen molar-refractivity contribution in [2.45, 2.75) is 12.8 Å². The van der Waals surface area contributed by atoms with Crippen LogP contribution in [-0.2, 0) is 4.79 Å². The second-order valence-electron chi connectivity index (χ2n) is 3.68. The fraction of sp³-hybridized carbons (Fsp3) is 0.500. The molecule has 1 aromatic rings. The van der Waals surface area contributed by atoms with Gasteiger partial charge in [0, 0.05) is 23.9 Å². The summed E-state index contributed by atoms with van der Waals surface area (Å²) < 4.78 is 0. The van der Waals surface area contributed by atoms with E-state index in [0.717, 1.165) is 6.54 Å². The molecule has 1 aliphatic heterocycles. The second-order valence-corrected chi connectivity index (χ2v) is 4.63. The van der Waals surface area contributed by atoms with Crippen LogP contribution in [0.15, 0.2) is 11.4 Å². The lowest BCUT2D eigenvalue weighted by Gasteiger charge is -2.13. The number of nitrogens with one attached hydrogen (secondary N) is 1. The average molecular weight is 211 g/mol. The van der Waals surface area contributed by atoms with Crippen molar-refractivity contribution >= 4 is 17.3 Å². The Hall–Kier alpha value is -0.870. The lowest BCUT2D eigenvalue weighted by molar-refractivity contribution is -0.141. The Labute approximate surface area is 86.8 Å². The van der Waals surface area contributed by atoms with Crippen LogP contribution in [0.2, 0.25) is 0 Å². The van der Waals surface area contributed by atoms with E-state index in [1.165, 1.54) is 10.4 Å². The first-order valence-corrected chi connectivity index (χ1v) is 5.55. The molecule has 14 heavy (non-hydrogen) atoms. The maximum absolute atomic E-state index is 11.0. The average Bonchev–Trinajstić information content (AvgIpc) is 2.70. The highest BCUT2D eigenvalue weighted by Crippen LogP contribution is 2.33. The molecule has 0 saturated carbocycles. The SMILES string of the molecule is Cc1ccsc1[C@H]1CNC[C@@H]1C(=O)O. The van der Waals surface area contributed by atoms with Crippen LogP contribution in [0.25, 0.3) is 0 Å².